The normalized spacial score (nSPS) is 15.0. The maximum atomic E-state index is 13.4. The molecule has 28 heavy (non-hydrogen) atoms. The molecular formula is C20H23FN6O. The third-order valence-electron chi connectivity index (χ3n) is 5.05. The maximum absolute atomic E-state index is 13.4. The van der Waals surface area contributed by atoms with Crippen LogP contribution >= 0.6 is 0 Å². The predicted molar refractivity (Wildman–Crippen MR) is 104 cm³/mol. The van der Waals surface area contributed by atoms with Crippen molar-refractivity contribution >= 4 is 17.4 Å². The lowest BCUT2D eigenvalue weighted by Crippen LogP contribution is -2.60. The Morgan fingerprint density at radius 1 is 1.18 bits per heavy atom. The van der Waals surface area contributed by atoms with Crippen molar-refractivity contribution in [3.63, 3.8) is 0 Å². The van der Waals surface area contributed by atoms with Gasteiger partial charge in [-0.1, -0.05) is 26.8 Å². The number of halogens is 1. The SMILES string of the molecule is CN(C(=O)c1cccc(F)c1)C1CN(c2ccc3nnc(C(C)(C)C)n3n2)C1. The molecule has 0 atom stereocenters. The molecule has 0 spiro atoms. The van der Waals surface area contributed by atoms with E-state index in [0.29, 0.717) is 24.3 Å². The Morgan fingerprint density at radius 3 is 2.61 bits per heavy atom. The monoisotopic (exact) mass is 382 g/mol. The van der Waals surface area contributed by atoms with E-state index in [4.69, 9.17) is 5.10 Å². The fourth-order valence-electron chi connectivity index (χ4n) is 3.29. The van der Waals surface area contributed by atoms with Crippen molar-refractivity contribution in [3.8, 4) is 0 Å². The number of aromatic nitrogens is 4. The van der Waals surface area contributed by atoms with Crippen LogP contribution in [0.4, 0.5) is 10.2 Å². The number of hydrogen-bond donors (Lipinski definition) is 0. The third kappa shape index (κ3) is 3.19. The van der Waals surface area contributed by atoms with Crippen molar-refractivity contribution < 1.29 is 9.18 Å². The number of likely N-dealkylation sites (N-methyl/N-ethyl adjacent to an activating group) is 1. The summed E-state index contributed by atoms with van der Waals surface area (Å²) in [7, 11) is 1.75. The van der Waals surface area contributed by atoms with Crippen LogP contribution in [0.2, 0.25) is 0 Å². The van der Waals surface area contributed by atoms with Crippen molar-refractivity contribution in [2.24, 2.45) is 0 Å². The van der Waals surface area contributed by atoms with Crippen LogP contribution in [0.3, 0.4) is 0 Å². The highest BCUT2D eigenvalue weighted by Gasteiger charge is 2.34. The van der Waals surface area contributed by atoms with Crippen molar-refractivity contribution in [2.75, 3.05) is 25.0 Å². The molecule has 4 rings (SSSR count). The second kappa shape index (κ2) is 6.54. The molecule has 146 valence electrons. The van der Waals surface area contributed by atoms with Crippen LogP contribution in [0.1, 0.15) is 37.0 Å². The number of benzene rings is 1. The van der Waals surface area contributed by atoms with Gasteiger partial charge in [-0.25, -0.2) is 4.39 Å². The molecule has 1 aliphatic heterocycles. The molecule has 1 aliphatic rings. The van der Waals surface area contributed by atoms with E-state index in [1.165, 1.54) is 12.1 Å². The topological polar surface area (TPSA) is 66.6 Å². The summed E-state index contributed by atoms with van der Waals surface area (Å²) in [6.07, 6.45) is 0. The average Bonchev–Trinajstić information content (AvgIpc) is 3.03. The second-order valence-electron chi connectivity index (χ2n) is 8.22. The van der Waals surface area contributed by atoms with E-state index in [0.717, 1.165) is 11.6 Å². The number of hydrogen-bond acceptors (Lipinski definition) is 5. The average molecular weight is 382 g/mol. The molecule has 0 unspecified atom stereocenters. The number of carbonyl (C=O) groups excluding carboxylic acids is 1. The molecule has 7 nitrogen and oxygen atoms in total. The van der Waals surface area contributed by atoms with E-state index >= 15 is 0 Å². The van der Waals surface area contributed by atoms with Crippen LogP contribution in [0, 0.1) is 5.82 Å². The zero-order chi connectivity index (χ0) is 20.1. The highest BCUT2D eigenvalue weighted by Crippen LogP contribution is 2.25. The van der Waals surface area contributed by atoms with Crippen molar-refractivity contribution in [1.82, 2.24) is 24.7 Å². The Balaban J connectivity index is 1.48. The molecule has 0 N–H and O–H groups in total. The van der Waals surface area contributed by atoms with E-state index in [9.17, 15) is 9.18 Å². The van der Waals surface area contributed by atoms with Crippen LogP contribution in [-0.2, 0) is 5.41 Å². The number of amides is 1. The Labute approximate surface area is 162 Å². The van der Waals surface area contributed by atoms with Crippen LogP contribution < -0.4 is 4.90 Å². The smallest absolute Gasteiger partial charge is 0.254 e. The molecule has 2 aromatic heterocycles. The molecule has 1 saturated heterocycles. The molecule has 1 fully saturated rings. The van der Waals surface area contributed by atoms with Gasteiger partial charge in [0.25, 0.3) is 5.91 Å². The number of carbonyl (C=O) groups is 1. The first-order chi connectivity index (χ1) is 13.2. The summed E-state index contributed by atoms with van der Waals surface area (Å²) in [4.78, 5) is 16.3. The lowest BCUT2D eigenvalue weighted by Gasteiger charge is -2.44. The molecule has 0 radical (unpaired) electrons. The van der Waals surface area contributed by atoms with Crippen LogP contribution in [0.25, 0.3) is 5.65 Å². The summed E-state index contributed by atoms with van der Waals surface area (Å²) < 4.78 is 15.2. The first-order valence-electron chi connectivity index (χ1n) is 9.24. The third-order valence-corrected chi connectivity index (χ3v) is 5.05. The van der Waals surface area contributed by atoms with Gasteiger partial charge in [-0.15, -0.1) is 15.3 Å². The second-order valence-corrected chi connectivity index (χ2v) is 8.22. The number of fused-ring (bicyclic) bond motifs is 1. The first kappa shape index (κ1) is 18.3. The van der Waals surface area contributed by atoms with Crippen molar-refractivity contribution in [2.45, 2.75) is 32.2 Å². The molecule has 3 aromatic rings. The quantitative estimate of drug-likeness (QED) is 0.696. The Morgan fingerprint density at radius 2 is 1.93 bits per heavy atom. The van der Waals surface area contributed by atoms with Gasteiger partial charge in [-0.05, 0) is 30.3 Å². The summed E-state index contributed by atoms with van der Waals surface area (Å²) >= 11 is 0. The van der Waals surface area contributed by atoms with E-state index in [1.54, 1.807) is 28.6 Å². The fourth-order valence-corrected chi connectivity index (χ4v) is 3.29. The number of nitrogens with zero attached hydrogens (tertiary/aromatic N) is 6. The maximum Gasteiger partial charge on any atom is 0.254 e. The van der Waals surface area contributed by atoms with Crippen LogP contribution in [0.5, 0.6) is 0 Å². The summed E-state index contributed by atoms with van der Waals surface area (Å²) in [5.74, 6) is 1.04. The highest BCUT2D eigenvalue weighted by atomic mass is 19.1. The number of anilines is 1. The largest absolute Gasteiger partial charge is 0.351 e. The van der Waals surface area contributed by atoms with Gasteiger partial charge in [0.1, 0.15) is 11.6 Å². The zero-order valence-electron chi connectivity index (χ0n) is 16.4. The highest BCUT2D eigenvalue weighted by molar-refractivity contribution is 5.94. The summed E-state index contributed by atoms with van der Waals surface area (Å²) in [5.41, 5.74) is 0.907. The molecular weight excluding hydrogens is 359 g/mol. The molecule has 1 amide bonds. The lowest BCUT2D eigenvalue weighted by atomic mass is 9.96. The fraction of sp³-hybridized carbons (Fsp3) is 0.400. The Kier molecular flexibility index (Phi) is 4.28. The Hall–Kier alpha value is -3.03. The van der Waals surface area contributed by atoms with Gasteiger partial charge in [0.2, 0.25) is 0 Å². The number of rotatable bonds is 3. The van der Waals surface area contributed by atoms with Gasteiger partial charge in [-0.2, -0.15) is 4.52 Å². The summed E-state index contributed by atoms with van der Waals surface area (Å²) in [6, 6.07) is 9.66. The van der Waals surface area contributed by atoms with Crippen molar-refractivity contribution in [3.05, 3.63) is 53.6 Å². The Bertz CT molecular complexity index is 1030. The van der Waals surface area contributed by atoms with Gasteiger partial charge >= 0.3 is 0 Å². The standard InChI is InChI=1S/C20H23FN6O/c1-20(2,3)19-23-22-16-8-9-17(24-27(16)19)26-11-15(12-26)25(4)18(28)13-6-5-7-14(21)10-13/h5-10,15H,11-12H2,1-4H3. The van der Waals surface area contributed by atoms with E-state index < -0.39 is 5.82 Å². The molecule has 8 heteroatoms. The molecule has 0 bridgehead atoms. The summed E-state index contributed by atoms with van der Waals surface area (Å²) in [6.45, 7) is 7.56. The van der Waals surface area contributed by atoms with Crippen LogP contribution in [0.15, 0.2) is 36.4 Å². The molecule has 1 aromatic carbocycles. The predicted octanol–water partition coefficient (Wildman–Crippen LogP) is 2.52. The first-order valence-corrected chi connectivity index (χ1v) is 9.24. The lowest BCUT2D eigenvalue weighted by molar-refractivity contribution is 0.0704. The van der Waals surface area contributed by atoms with Gasteiger partial charge in [0.05, 0.1) is 6.04 Å². The summed E-state index contributed by atoms with van der Waals surface area (Å²) in [5, 5.41) is 13.1. The van der Waals surface area contributed by atoms with Gasteiger partial charge < -0.3 is 9.80 Å². The van der Waals surface area contributed by atoms with Gasteiger partial charge in [0.15, 0.2) is 11.5 Å². The zero-order valence-corrected chi connectivity index (χ0v) is 16.4. The molecule has 3 heterocycles. The molecule has 0 saturated carbocycles. The van der Waals surface area contributed by atoms with E-state index in [1.807, 2.05) is 12.1 Å². The van der Waals surface area contributed by atoms with Gasteiger partial charge in [-0.3, -0.25) is 4.79 Å². The van der Waals surface area contributed by atoms with Gasteiger partial charge in [0, 0.05) is 31.1 Å². The minimum absolute atomic E-state index is 0.0521. The van der Waals surface area contributed by atoms with Crippen LogP contribution in [-0.4, -0.2) is 56.8 Å². The minimum atomic E-state index is -0.407. The molecule has 0 aliphatic carbocycles. The van der Waals surface area contributed by atoms with E-state index in [-0.39, 0.29) is 17.4 Å². The van der Waals surface area contributed by atoms with E-state index in [2.05, 4.69) is 35.9 Å². The van der Waals surface area contributed by atoms with Crippen molar-refractivity contribution in [1.29, 1.82) is 0 Å². The minimum Gasteiger partial charge on any atom is -0.351 e.